The maximum absolute atomic E-state index is 12.7. The lowest BCUT2D eigenvalue weighted by Crippen LogP contribution is -2.38. The molecule has 0 unspecified atom stereocenters. The predicted molar refractivity (Wildman–Crippen MR) is 122 cm³/mol. The Labute approximate surface area is 187 Å². The fraction of sp³-hybridized carbons (Fsp3) is 0.333. The van der Waals surface area contributed by atoms with E-state index in [1.807, 2.05) is 0 Å². The third kappa shape index (κ3) is 7.23. The summed E-state index contributed by atoms with van der Waals surface area (Å²) < 4.78 is 30.6. The molecule has 0 radical (unpaired) electrons. The quantitative estimate of drug-likeness (QED) is 0.523. The Bertz CT molecular complexity index is 1040. The first-order chi connectivity index (χ1) is 14.6. The van der Waals surface area contributed by atoms with Crippen LogP contribution in [0.2, 0.25) is 5.02 Å². The van der Waals surface area contributed by atoms with Crippen LogP contribution in [0.4, 0.5) is 11.4 Å². The number of anilines is 2. The summed E-state index contributed by atoms with van der Waals surface area (Å²) in [7, 11) is -2.17. The minimum absolute atomic E-state index is 0.279. The standard InChI is InChI=1S/C21H26ClN3O5S/c1-15-13-16(22)9-10-19(15)25(31(3,28)29)14-20(26)24-18-8-5-4-7-17(18)21(27)23-11-6-12-30-2/h4-5,7-10,13H,6,11-12,14H2,1-3H3,(H,23,27)(H,24,26). The minimum Gasteiger partial charge on any atom is -0.385 e. The molecule has 0 heterocycles. The summed E-state index contributed by atoms with van der Waals surface area (Å²) >= 11 is 5.96. The highest BCUT2D eigenvalue weighted by Gasteiger charge is 2.23. The van der Waals surface area contributed by atoms with Gasteiger partial charge in [-0.1, -0.05) is 23.7 Å². The maximum atomic E-state index is 12.7. The van der Waals surface area contributed by atoms with Crippen molar-refractivity contribution in [3.8, 4) is 0 Å². The van der Waals surface area contributed by atoms with Gasteiger partial charge in [0.1, 0.15) is 6.54 Å². The summed E-state index contributed by atoms with van der Waals surface area (Å²) in [5.41, 5.74) is 1.53. The normalized spacial score (nSPS) is 11.1. The second kappa shape index (κ2) is 11.1. The highest BCUT2D eigenvalue weighted by atomic mass is 35.5. The molecular formula is C21H26ClN3O5S. The van der Waals surface area contributed by atoms with Crippen LogP contribution in [0.15, 0.2) is 42.5 Å². The van der Waals surface area contributed by atoms with Gasteiger partial charge < -0.3 is 15.4 Å². The number of hydrogen-bond acceptors (Lipinski definition) is 5. The topological polar surface area (TPSA) is 105 Å². The lowest BCUT2D eigenvalue weighted by molar-refractivity contribution is -0.114. The molecule has 2 aromatic rings. The van der Waals surface area contributed by atoms with Gasteiger partial charge in [0, 0.05) is 25.3 Å². The maximum Gasteiger partial charge on any atom is 0.253 e. The number of rotatable bonds is 10. The molecule has 0 aliphatic rings. The van der Waals surface area contributed by atoms with Gasteiger partial charge >= 0.3 is 0 Å². The van der Waals surface area contributed by atoms with E-state index in [1.54, 1.807) is 56.5 Å². The van der Waals surface area contributed by atoms with Crippen molar-refractivity contribution in [1.29, 1.82) is 0 Å². The molecule has 168 valence electrons. The molecule has 0 saturated carbocycles. The molecule has 10 heteroatoms. The summed E-state index contributed by atoms with van der Waals surface area (Å²) in [5.74, 6) is -0.931. The number of halogens is 1. The van der Waals surface area contributed by atoms with Gasteiger partial charge in [0.2, 0.25) is 15.9 Å². The second-order valence-electron chi connectivity index (χ2n) is 6.90. The van der Waals surface area contributed by atoms with Crippen molar-refractivity contribution in [2.45, 2.75) is 13.3 Å². The fourth-order valence-corrected chi connectivity index (χ4v) is 4.04. The molecule has 2 amide bonds. The first kappa shape index (κ1) is 24.6. The predicted octanol–water partition coefficient (Wildman–Crippen LogP) is 2.82. The van der Waals surface area contributed by atoms with Crippen molar-refractivity contribution in [3.63, 3.8) is 0 Å². The highest BCUT2D eigenvalue weighted by molar-refractivity contribution is 7.92. The lowest BCUT2D eigenvalue weighted by Gasteiger charge is -2.24. The third-order valence-corrected chi connectivity index (χ3v) is 5.73. The molecule has 2 N–H and O–H groups in total. The van der Waals surface area contributed by atoms with Gasteiger partial charge in [-0.05, 0) is 49.2 Å². The van der Waals surface area contributed by atoms with Gasteiger partial charge in [-0.2, -0.15) is 0 Å². The second-order valence-corrected chi connectivity index (χ2v) is 9.24. The molecule has 0 aliphatic heterocycles. The molecule has 2 rings (SSSR count). The first-order valence-electron chi connectivity index (χ1n) is 9.53. The summed E-state index contributed by atoms with van der Waals surface area (Å²) in [5, 5.41) is 5.86. The van der Waals surface area contributed by atoms with E-state index in [0.29, 0.717) is 35.8 Å². The van der Waals surface area contributed by atoms with Gasteiger partial charge in [-0.25, -0.2) is 8.42 Å². The summed E-state index contributed by atoms with van der Waals surface area (Å²) in [6, 6.07) is 11.3. The van der Waals surface area contributed by atoms with Crippen molar-refractivity contribution in [2.24, 2.45) is 0 Å². The lowest BCUT2D eigenvalue weighted by atomic mass is 10.1. The van der Waals surface area contributed by atoms with Crippen LogP contribution in [0.25, 0.3) is 0 Å². The van der Waals surface area contributed by atoms with Gasteiger partial charge in [-0.15, -0.1) is 0 Å². The Morgan fingerprint density at radius 3 is 2.52 bits per heavy atom. The van der Waals surface area contributed by atoms with Crippen molar-refractivity contribution in [3.05, 3.63) is 58.6 Å². The van der Waals surface area contributed by atoms with Crippen LogP contribution in [0.3, 0.4) is 0 Å². The Morgan fingerprint density at radius 2 is 1.87 bits per heavy atom. The van der Waals surface area contributed by atoms with Crippen molar-refractivity contribution >= 4 is 44.8 Å². The van der Waals surface area contributed by atoms with E-state index in [0.717, 1.165) is 10.6 Å². The number of methoxy groups -OCH3 is 1. The van der Waals surface area contributed by atoms with E-state index < -0.39 is 22.5 Å². The summed E-state index contributed by atoms with van der Waals surface area (Å²) in [4.78, 5) is 25.2. The number of nitrogens with one attached hydrogen (secondary N) is 2. The van der Waals surface area contributed by atoms with E-state index in [4.69, 9.17) is 16.3 Å². The molecule has 0 aromatic heterocycles. The Hall–Kier alpha value is -2.62. The first-order valence-corrected chi connectivity index (χ1v) is 11.8. The number of hydrogen-bond donors (Lipinski definition) is 2. The van der Waals surface area contributed by atoms with Gasteiger partial charge in [0.05, 0.1) is 23.2 Å². The average molecular weight is 468 g/mol. The van der Waals surface area contributed by atoms with Crippen LogP contribution in [-0.2, 0) is 19.6 Å². The van der Waals surface area contributed by atoms with Gasteiger partial charge in [-0.3, -0.25) is 13.9 Å². The molecule has 0 fully saturated rings. The van der Waals surface area contributed by atoms with Crippen LogP contribution in [0.1, 0.15) is 22.3 Å². The number of benzene rings is 2. The van der Waals surface area contributed by atoms with Crippen molar-refractivity contribution in [2.75, 3.05) is 42.7 Å². The van der Waals surface area contributed by atoms with Gasteiger partial charge in [0.15, 0.2) is 0 Å². The van der Waals surface area contributed by atoms with E-state index in [2.05, 4.69) is 10.6 Å². The Kier molecular flexibility index (Phi) is 8.85. The monoisotopic (exact) mass is 467 g/mol. The molecule has 8 nitrogen and oxygen atoms in total. The molecule has 31 heavy (non-hydrogen) atoms. The molecular weight excluding hydrogens is 442 g/mol. The largest absolute Gasteiger partial charge is 0.385 e. The number of amides is 2. The zero-order valence-electron chi connectivity index (χ0n) is 17.6. The van der Waals surface area contributed by atoms with Gasteiger partial charge in [0.25, 0.3) is 5.91 Å². The number of nitrogens with zero attached hydrogens (tertiary/aromatic N) is 1. The molecule has 0 atom stereocenters. The van der Waals surface area contributed by atoms with Crippen molar-refractivity contribution < 1.29 is 22.7 Å². The zero-order valence-corrected chi connectivity index (χ0v) is 19.2. The van der Waals surface area contributed by atoms with E-state index in [1.165, 1.54) is 0 Å². The number of carbonyl (C=O) groups excluding carboxylic acids is 2. The number of sulfonamides is 1. The molecule has 0 saturated heterocycles. The van der Waals surface area contributed by atoms with Crippen LogP contribution >= 0.6 is 11.6 Å². The fourth-order valence-electron chi connectivity index (χ4n) is 2.90. The van der Waals surface area contributed by atoms with Crippen LogP contribution in [0.5, 0.6) is 0 Å². The van der Waals surface area contributed by atoms with Crippen LogP contribution in [0, 0.1) is 6.92 Å². The number of ether oxygens (including phenoxy) is 1. The SMILES string of the molecule is COCCCNC(=O)c1ccccc1NC(=O)CN(c1ccc(Cl)cc1C)S(C)(=O)=O. The Morgan fingerprint density at radius 1 is 1.16 bits per heavy atom. The average Bonchev–Trinajstić information content (AvgIpc) is 2.69. The molecule has 0 spiro atoms. The van der Waals surface area contributed by atoms with Crippen LogP contribution < -0.4 is 14.9 Å². The number of carbonyl (C=O) groups is 2. The highest BCUT2D eigenvalue weighted by Crippen LogP contribution is 2.25. The third-order valence-electron chi connectivity index (χ3n) is 4.37. The van der Waals surface area contributed by atoms with E-state index >= 15 is 0 Å². The summed E-state index contributed by atoms with van der Waals surface area (Å²) in [6.07, 6.45) is 1.68. The molecule has 2 aromatic carbocycles. The molecule has 0 aliphatic carbocycles. The van der Waals surface area contributed by atoms with E-state index in [-0.39, 0.29) is 17.2 Å². The Balaban J connectivity index is 2.18. The van der Waals surface area contributed by atoms with E-state index in [9.17, 15) is 18.0 Å². The van der Waals surface area contributed by atoms with Crippen molar-refractivity contribution in [1.82, 2.24) is 5.32 Å². The molecule has 0 bridgehead atoms. The number of para-hydroxylation sites is 1. The summed E-state index contributed by atoms with van der Waals surface area (Å²) in [6.45, 7) is 2.20. The smallest absolute Gasteiger partial charge is 0.253 e. The zero-order chi connectivity index (χ0) is 23.0. The van der Waals surface area contributed by atoms with Crippen LogP contribution in [-0.4, -0.2) is 53.3 Å². The number of aryl methyl sites for hydroxylation is 1. The minimum atomic E-state index is -3.75.